The van der Waals surface area contributed by atoms with Gasteiger partial charge in [0.2, 0.25) is 5.71 Å². The Morgan fingerprint density at radius 3 is 2.45 bits per heavy atom. The smallest absolute Gasteiger partial charge is 0.237 e. The highest BCUT2D eigenvalue weighted by Gasteiger charge is 2.05. The predicted octanol–water partition coefficient (Wildman–Crippen LogP) is 3.78. The quantitative estimate of drug-likeness (QED) is 0.589. The molecule has 22 heavy (non-hydrogen) atoms. The Kier molecular flexibility index (Phi) is 3.78. The number of aromatic nitrogens is 1. The van der Waals surface area contributed by atoms with Crippen LogP contribution in [-0.2, 0) is 0 Å². The maximum absolute atomic E-state index is 8.62. The molecular weight excluding hydrogens is 294 g/mol. The first-order valence-corrected chi connectivity index (χ1v) is 7.22. The van der Waals surface area contributed by atoms with Gasteiger partial charge in [0.05, 0.1) is 15.9 Å². The lowest BCUT2D eigenvalue weighted by molar-refractivity contribution is 1.34. The van der Waals surface area contributed by atoms with Crippen molar-refractivity contribution in [2.45, 2.75) is 0 Å². The Hall–Kier alpha value is -3.22. The van der Waals surface area contributed by atoms with Crippen molar-refractivity contribution in [3.8, 4) is 22.7 Å². The van der Waals surface area contributed by atoms with E-state index in [0.717, 1.165) is 20.8 Å². The summed E-state index contributed by atoms with van der Waals surface area (Å²) in [6, 6.07) is 18.9. The molecule has 0 fully saturated rings. The van der Waals surface area contributed by atoms with Gasteiger partial charge in [-0.25, -0.2) is 4.98 Å². The molecule has 1 N–H and O–H groups in total. The van der Waals surface area contributed by atoms with Crippen LogP contribution >= 0.6 is 11.3 Å². The molecule has 1 aromatic heterocycles. The van der Waals surface area contributed by atoms with Crippen LogP contribution in [0.2, 0.25) is 0 Å². The Morgan fingerprint density at radius 2 is 1.77 bits per heavy atom. The maximum atomic E-state index is 8.62. The number of rotatable bonds is 3. The van der Waals surface area contributed by atoms with Gasteiger partial charge in [-0.1, -0.05) is 12.1 Å². The molecule has 0 spiro atoms. The first kappa shape index (κ1) is 13.7. The lowest BCUT2D eigenvalue weighted by atomic mass is 10.2. The van der Waals surface area contributed by atoms with Gasteiger partial charge >= 0.3 is 0 Å². The average Bonchev–Trinajstić information content (AvgIpc) is 3.00. The van der Waals surface area contributed by atoms with Crippen molar-refractivity contribution in [2.75, 3.05) is 5.43 Å². The summed E-state index contributed by atoms with van der Waals surface area (Å²) < 4.78 is 1.15. The number of hydrogen-bond donors (Lipinski definition) is 1. The number of hydrogen-bond acceptors (Lipinski definition) is 6. The van der Waals surface area contributed by atoms with Gasteiger partial charge in [-0.3, -0.25) is 5.43 Å². The molecule has 1 heterocycles. The second-order valence-corrected chi connectivity index (χ2v) is 5.39. The summed E-state index contributed by atoms with van der Waals surface area (Å²) in [5.41, 5.74) is 5.17. The van der Waals surface area contributed by atoms with Gasteiger partial charge in [0, 0.05) is 5.56 Å². The highest BCUT2D eigenvalue weighted by atomic mass is 32.1. The highest BCUT2D eigenvalue weighted by Crippen LogP contribution is 2.30. The Morgan fingerprint density at radius 1 is 1.05 bits per heavy atom. The van der Waals surface area contributed by atoms with Crippen LogP contribution in [0.25, 0.3) is 20.8 Å². The molecule has 3 aromatic rings. The van der Waals surface area contributed by atoms with Crippen LogP contribution in [0.4, 0.5) is 5.69 Å². The molecule has 0 unspecified atom stereocenters. The zero-order valence-corrected chi connectivity index (χ0v) is 12.1. The van der Waals surface area contributed by atoms with Crippen LogP contribution in [0.5, 0.6) is 0 Å². The minimum absolute atomic E-state index is 0.213. The van der Waals surface area contributed by atoms with Gasteiger partial charge in [0.25, 0.3) is 0 Å². The van der Waals surface area contributed by atoms with E-state index in [9.17, 15) is 0 Å². The fraction of sp³-hybridized carbons (Fsp3) is 0. The minimum Gasteiger partial charge on any atom is -0.277 e. The molecule has 0 radical (unpaired) electrons. The monoisotopic (exact) mass is 303 g/mol. The van der Waals surface area contributed by atoms with E-state index in [0.29, 0.717) is 5.69 Å². The maximum Gasteiger partial charge on any atom is 0.237 e. The van der Waals surface area contributed by atoms with Crippen LogP contribution in [0.15, 0.2) is 53.6 Å². The number of anilines is 1. The van der Waals surface area contributed by atoms with Gasteiger partial charge in [0.15, 0.2) is 0 Å². The van der Waals surface area contributed by atoms with E-state index in [-0.39, 0.29) is 5.71 Å². The molecular formula is C16H9N5S. The lowest BCUT2D eigenvalue weighted by Crippen LogP contribution is -1.96. The summed E-state index contributed by atoms with van der Waals surface area (Å²) in [4.78, 5) is 4.60. The molecule has 0 saturated heterocycles. The molecule has 0 aliphatic carbocycles. The molecule has 3 rings (SSSR count). The van der Waals surface area contributed by atoms with E-state index in [1.54, 1.807) is 23.5 Å². The van der Waals surface area contributed by atoms with Crippen LogP contribution < -0.4 is 5.43 Å². The Labute approximate surface area is 130 Å². The van der Waals surface area contributed by atoms with E-state index in [2.05, 4.69) is 15.5 Å². The molecule has 0 aliphatic rings. The van der Waals surface area contributed by atoms with Crippen molar-refractivity contribution in [3.63, 3.8) is 0 Å². The van der Waals surface area contributed by atoms with Gasteiger partial charge in [-0.05, 0) is 36.4 Å². The number of nitrogens with zero attached hydrogens (tertiary/aromatic N) is 4. The third-order valence-electron chi connectivity index (χ3n) is 2.93. The van der Waals surface area contributed by atoms with Gasteiger partial charge in [0.1, 0.15) is 17.1 Å². The number of nitriles is 2. The number of benzene rings is 2. The number of para-hydroxylation sites is 1. The van der Waals surface area contributed by atoms with Crippen molar-refractivity contribution in [1.82, 2.24) is 4.98 Å². The van der Waals surface area contributed by atoms with E-state index in [1.807, 2.05) is 48.5 Å². The second-order valence-electron chi connectivity index (χ2n) is 4.36. The second kappa shape index (κ2) is 6.04. The highest BCUT2D eigenvalue weighted by molar-refractivity contribution is 7.21. The third kappa shape index (κ3) is 2.78. The van der Waals surface area contributed by atoms with Gasteiger partial charge < -0.3 is 0 Å². The first-order chi connectivity index (χ1) is 10.8. The van der Waals surface area contributed by atoms with Gasteiger partial charge in [-0.2, -0.15) is 15.6 Å². The number of hydrazone groups is 1. The molecule has 104 valence electrons. The van der Waals surface area contributed by atoms with Crippen molar-refractivity contribution < 1.29 is 0 Å². The fourth-order valence-electron chi connectivity index (χ4n) is 1.88. The fourth-order valence-corrected chi connectivity index (χ4v) is 2.85. The van der Waals surface area contributed by atoms with E-state index in [4.69, 9.17) is 10.5 Å². The average molecular weight is 303 g/mol. The summed E-state index contributed by atoms with van der Waals surface area (Å²) >= 11 is 1.64. The first-order valence-electron chi connectivity index (χ1n) is 6.40. The third-order valence-corrected chi connectivity index (χ3v) is 4.02. The summed E-state index contributed by atoms with van der Waals surface area (Å²) in [5, 5.41) is 21.9. The normalized spacial score (nSPS) is 9.73. The number of thiazole rings is 1. The summed E-state index contributed by atoms with van der Waals surface area (Å²) in [7, 11) is 0. The molecule has 0 aliphatic heterocycles. The molecule has 2 aromatic carbocycles. The summed E-state index contributed by atoms with van der Waals surface area (Å²) in [5.74, 6) is 0. The van der Waals surface area contributed by atoms with Crippen LogP contribution in [0, 0.1) is 22.7 Å². The van der Waals surface area contributed by atoms with Gasteiger partial charge in [-0.15, -0.1) is 11.3 Å². The van der Waals surface area contributed by atoms with Crippen molar-refractivity contribution in [2.24, 2.45) is 5.10 Å². The molecule has 6 heteroatoms. The topological polar surface area (TPSA) is 84.9 Å². The Bertz CT molecular complexity index is 877. The summed E-state index contributed by atoms with van der Waals surface area (Å²) in [6.07, 6.45) is 0. The van der Waals surface area contributed by atoms with Crippen molar-refractivity contribution in [1.29, 1.82) is 10.5 Å². The molecule has 0 saturated carbocycles. The van der Waals surface area contributed by atoms with Crippen molar-refractivity contribution in [3.05, 3.63) is 48.5 Å². The predicted molar refractivity (Wildman–Crippen MR) is 87.3 cm³/mol. The van der Waals surface area contributed by atoms with E-state index >= 15 is 0 Å². The Balaban J connectivity index is 1.84. The summed E-state index contributed by atoms with van der Waals surface area (Å²) in [6.45, 7) is 0. The van der Waals surface area contributed by atoms with Crippen LogP contribution in [-0.4, -0.2) is 10.7 Å². The van der Waals surface area contributed by atoms with E-state index < -0.39 is 0 Å². The molecule has 0 bridgehead atoms. The molecule has 0 atom stereocenters. The SMILES string of the molecule is N#CC(C#N)=NNc1ccc(-c2nc3ccccc3s2)cc1. The van der Waals surface area contributed by atoms with Crippen LogP contribution in [0.1, 0.15) is 0 Å². The standard InChI is InChI=1S/C16H9N5S/c17-9-13(10-18)21-20-12-7-5-11(6-8-12)16-19-14-3-1-2-4-15(14)22-16/h1-8,20H. The largest absolute Gasteiger partial charge is 0.277 e. The zero-order valence-electron chi connectivity index (χ0n) is 11.3. The lowest BCUT2D eigenvalue weighted by Gasteiger charge is -2.01. The molecule has 0 amide bonds. The van der Waals surface area contributed by atoms with Crippen molar-refractivity contribution >= 4 is 33.0 Å². The van der Waals surface area contributed by atoms with Crippen LogP contribution in [0.3, 0.4) is 0 Å². The number of nitrogens with one attached hydrogen (secondary N) is 1. The van der Waals surface area contributed by atoms with E-state index in [1.165, 1.54) is 0 Å². The zero-order chi connectivity index (χ0) is 15.4. The molecule has 5 nitrogen and oxygen atoms in total. The number of fused-ring (bicyclic) bond motifs is 1. The minimum atomic E-state index is -0.213.